The quantitative estimate of drug-likeness (QED) is 0.827. The highest BCUT2D eigenvalue weighted by molar-refractivity contribution is 9.10. The average Bonchev–Trinajstić information content (AvgIpc) is 2.83. The average molecular weight is 351 g/mol. The minimum atomic E-state index is -0.193. The van der Waals surface area contributed by atoms with Gasteiger partial charge in [0.2, 0.25) is 0 Å². The van der Waals surface area contributed by atoms with E-state index < -0.39 is 0 Å². The number of hydrogen-bond acceptors (Lipinski definition) is 3. The Bertz CT molecular complexity index is 597. The van der Waals surface area contributed by atoms with Crippen molar-refractivity contribution in [1.82, 2.24) is 4.98 Å². The van der Waals surface area contributed by atoms with E-state index in [1.165, 1.54) is 29.7 Å². The normalized spacial score (nSPS) is 18.1. The van der Waals surface area contributed by atoms with Gasteiger partial charge in [0.05, 0.1) is 11.2 Å². The summed E-state index contributed by atoms with van der Waals surface area (Å²) < 4.78 is 1.09. The molecule has 0 aliphatic heterocycles. The van der Waals surface area contributed by atoms with Crippen molar-refractivity contribution in [3.63, 3.8) is 0 Å². The van der Waals surface area contributed by atoms with Gasteiger partial charge in [-0.1, -0.05) is 47.3 Å². The van der Waals surface area contributed by atoms with E-state index >= 15 is 0 Å². The molecule has 106 valence electrons. The Hall–Kier alpha value is -0.710. The van der Waals surface area contributed by atoms with Crippen molar-refractivity contribution >= 4 is 27.3 Å². The summed E-state index contributed by atoms with van der Waals surface area (Å²) in [7, 11) is 0. The van der Waals surface area contributed by atoms with Crippen molar-refractivity contribution < 1.29 is 0 Å². The van der Waals surface area contributed by atoms with Gasteiger partial charge in [-0.05, 0) is 31.9 Å². The lowest BCUT2D eigenvalue weighted by molar-refractivity contribution is 0.301. The molecule has 1 aromatic carbocycles. The Morgan fingerprint density at radius 3 is 2.45 bits per heavy atom. The van der Waals surface area contributed by atoms with E-state index in [0.29, 0.717) is 0 Å². The van der Waals surface area contributed by atoms with Crippen LogP contribution in [0.3, 0.4) is 0 Å². The first kappa shape index (κ1) is 14.2. The van der Waals surface area contributed by atoms with Crippen molar-refractivity contribution in [2.24, 2.45) is 5.73 Å². The van der Waals surface area contributed by atoms with Crippen LogP contribution >= 0.6 is 27.3 Å². The summed E-state index contributed by atoms with van der Waals surface area (Å²) >= 11 is 5.25. The highest BCUT2D eigenvalue weighted by Gasteiger charge is 2.33. The van der Waals surface area contributed by atoms with Crippen LogP contribution in [-0.2, 0) is 5.54 Å². The highest BCUT2D eigenvalue weighted by atomic mass is 79.9. The summed E-state index contributed by atoms with van der Waals surface area (Å²) in [6.07, 6.45) is 5.90. The third-order valence-corrected chi connectivity index (χ3v) is 5.81. The van der Waals surface area contributed by atoms with Gasteiger partial charge in [0.15, 0.2) is 0 Å². The number of benzene rings is 1. The fourth-order valence-electron chi connectivity index (χ4n) is 2.88. The third-order valence-electron chi connectivity index (χ3n) is 4.09. The standard InChI is InChI=1S/C16H19BrN2S/c1-11-14(12-5-7-13(17)8-6-12)19-15(20-11)16(18)9-3-2-4-10-16/h5-8H,2-4,9-10,18H2,1H3. The zero-order chi connectivity index (χ0) is 14.2. The Labute approximate surface area is 132 Å². The first-order valence-corrected chi connectivity index (χ1v) is 8.72. The van der Waals surface area contributed by atoms with Crippen LogP contribution < -0.4 is 5.73 Å². The number of hydrogen-bond donors (Lipinski definition) is 1. The molecule has 0 unspecified atom stereocenters. The number of rotatable bonds is 2. The number of aromatic nitrogens is 1. The Balaban J connectivity index is 1.96. The van der Waals surface area contributed by atoms with Crippen molar-refractivity contribution in [2.75, 3.05) is 0 Å². The van der Waals surface area contributed by atoms with Gasteiger partial charge < -0.3 is 5.73 Å². The number of halogens is 1. The molecule has 2 aromatic rings. The summed E-state index contributed by atoms with van der Waals surface area (Å²) in [6, 6.07) is 8.35. The van der Waals surface area contributed by atoms with E-state index in [-0.39, 0.29) is 5.54 Å². The SMILES string of the molecule is Cc1sc(C2(N)CCCCC2)nc1-c1ccc(Br)cc1. The molecular weight excluding hydrogens is 332 g/mol. The molecule has 1 aliphatic rings. The van der Waals surface area contributed by atoms with Crippen molar-refractivity contribution in [2.45, 2.75) is 44.6 Å². The van der Waals surface area contributed by atoms with Gasteiger partial charge in [0.1, 0.15) is 5.01 Å². The lowest BCUT2D eigenvalue weighted by atomic mass is 9.83. The molecule has 0 radical (unpaired) electrons. The lowest BCUT2D eigenvalue weighted by Crippen LogP contribution is -2.38. The molecule has 2 nitrogen and oxygen atoms in total. The van der Waals surface area contributed by atoms with Crippen LogP contribution in [0.25, 0.3) is 11.3 Å². The van der Waals surface area contributed by atoms with Crippen molar-refractivity contribution in [3.8, 4) is 11.3 Å². The monoisotopic (exact) mass is 350 g/mol. The van der Waals surface area contributed by atoms with Gasteiger partial charge >= 0.3 is 0 Å². The second-order valence-electron chi connectivity index (χ2n) is 5.65. The molecule has 1 aliphatic carbocycles. The van der Waals surface area contributed by atoms with Gasteiger partial charge in [-0.2, -0.15) is 0 Å². The molecule has 0 bridgehead atoms. The molecule has 4 heteroatoms. The Morgan fingerprint density at radius 2 is 1.80 bits per heavy atom. The molecule has 2 N–H and O–H groups in total. The molecule has 3 rings (SSSR count). The predicted molar refractivity (Wildman–Crippen MR) is 88.9 cm³/mol. The molecule has 1 aromatic heterocycles. The molecule has 0 spiro atoms. The molecule has 20 heavy (non-hydrogen) atoms. The van der Waals surface area contributed by atoms with Gasteiger partial charge in [-0.25, -0.2) is 4.98 Å². The lowest BCUT2D eigenvalue weighted by Gasteiger charge is -2.31. The third kappa shape index (κ3) is 2.69. The van der Waals surface area contributed by atoms with Gasteiger partial charge in [-0.15, -0.1) is 11.3 Å². The summed E-state index contributed by atoms with van der Waals surface area (Å²) in [5.74, 6) is 0. The first-order valence-electron chi connectivity index (χ1n) is 7.11. The molecule has 0 atom stereocenters. The number of nitrogens with zero attached hydrogens (tertiary/aromatic N) is 1. The maximum atomic E-state index is 6.61. The number of nitrogens with two attached hydrogens (primary N) is 1. The maximum Gasteiger partial charge on any atom is 0.113 e. The first-order chi connectivity index (χ1) is 9.58. The fraction of sp³-hybridized carbons (Fsp3) is 0.438. The number of aryl methyl sites for hydroxylation is 1. The fourth-order valence-corrected chi connectivity index (χ4v) is 4.24. The van der Waals surface area contributed by atoms with Crippen LogP contribution in [0.4, 0.5) is 0 Å². The van der Waals surface area contributed by atoms with E-state index in [1.54, 1.807) is 11.3 Å². The van der Waals surface area contributed by atoms with Crippen LogP contribution in [0, 0.1) is 6.92 Å². The van der Waals surface area contributed by atoms with E-state index in [1.807, 2.05) is 0 Å². The molecular formula is C16H19BrN2S. The zero-order valence-corrected chi connectivity index (χ0v) is 14.1. The number of thiazole rings is 1. The van der Waals surface area contributed by atoms with Crippen LogP contribution in [-0.4, -0.2) is 4.98 Å². The molecule has 0 saturated heterocycles. The Kier molecular flexibility index (Phi) is 3.98. The predicted octanol–water partition coefficient (Wildman–Crippen LogP) is 5.00. The second-order valence-corrected chi connectivity index (χ2v) is 7.77. The second kappa shape index (κ2) is 5.58. The molecule has 1 heterocycles. The molecule has 1 saturated carbocycles. The summed E-state index contributed by atoms with van der Waals surface area (Å²) in [4.78, 5) is 6.15. The largest absolute Gasteiger partial charge is 0.319 e. The minimum Gasteiger partial charge on any atom is -0.319 e. The summed E-state index contributed by atoms with van der Waals surface area (Å²) in [5, 5.41) is 1.12. The highest BCUT2D eigenvalue weighted by Crippen LogP contribution is 2.39. The minimum absolute atomic E-state index is 0.193. The summed E-state index contributed by atoms with van der Waals surface area (Å²) in [5.41, 5.74) is 8.68. The maximum absolute atomic E-state index is 6.61. The van der Waals surface area contributed by atoms with E-state index in [2.05, 4.69) is 47.1 Å². The zero-order valence-electron chi connectivity index (χ0n) is 11.7. The van der Waals surface area contributed by atoms with Crippen LogP contribution in [0.2, 0.25) is 0 Å². The van der Waals surface area contributed by atoms with E-state index in [0.717, 1.165) is 28.0 Å². The van der Waals surface area contributed by atoms with Crippen molar-refractivity contribution in [1.29, 1.82) is 0 Å². The molecule has 0 amide bonds. The van der Waals surface area contributed by atoms with Crippen LogP contribution in [0.5, 0.6) is 0 Å². The Morgan fingerprint density at radius 1 is 1.15 bits per heavy atom. The van der Waals surface area contributed by atoms with Gasteiger partial charge in [0, 0.05) is 14.9 Å². The van der Waals surface area contributed by atoms with E-state index in [9.17, 15) is 0 Å². The summed E-state index contributed by atoms with van der Waals surface area (Å²) in [6.45, 7) is 2.14. The molecule has 1 fully saturated rings. The van der Waals surface area contributed by atoms with Crippen LogP contribution in [0.15, 0.2) is 28.7 Å². The van der Waals surface area contributed by atoms with Gasteiger partial charge in [-0.3, -0.25) is 0 Å². The van der Waals surface area contributed by atoms with Crippen LogP contribution in [0.1, 0.15) is 42.0 Å². The topological polar surface area (TPSA) is 38.9 Å². The smallest absolute Gasteiger partial charge is 0.113 e. The van der Waals surface area contributed by atoms with Crippen molar-refractivity contribution in [3.05, 3.63) is 38.6 Å². The van der Waals surface area contributed by atoms with Gasteiger partial charge in [0.25, 0.3) is 0 Å². The van der Waals surface area contributed by atoms with E-state index in [4.69, 9.17) is 10.7 Å².